The van der Waals surface area contributed by atoms with Crippen LogP contribution in [-0.4, -0.2) is 24.9 Å². The third-order valence-corrected chi connectivity index (χ3v) is 1.98. The van der Waals surface area contributed by atoms with Gasteiger partial charge in [-0.15, -0.1) is 4.80 Å². The quantitative estimate of drug-likeness (QED) is 0.603. The summed E-state index contributed by atoms with van der Waals surface area (Å²) in [5.74, 6) is -0.613. The van der Waals surface area contributed by atoms with Gasteiger partial charge in [0.1, 0.15) is 11.8 Å². The van der Waals surface area contributed by atoms with Gasteiger partial charge in [0, 0.05) is 6.07 Å². The predicted octanol–water partition coefficient (Wildman–Crippen LogP) is 1.59. The Balaban J connectivity index is 2.64. The van der Waals surface area contributed by atoms with Gasteiger partial charge in [-0.1, -0.05) is 0 Å². The van der Waals surface area contributed by atoms with Gasteiger partial charge >= 0.3 is 6.18 Å². The van der Waals surface area contributed by atoms with Gasteiger partial charge in [-0.05, 0) is 0 Å². The van der Waals surface area contributed by atoms with Crippen molar-refractivity contribution in [1.82, 2.24) is 20.0 Å². The summed E-state index contributed by atoms with van der Waals surface area (Å²) in [5.41, 5.74) is -2.02. The Labute approximate surface area is 97.0 Å². The van der Waals surface area contributed by atoms with Crippen LogP contribution in [0.15, 0.2) is 24.7 Å². The van der Waals surface area contributed by atoms with Crippen LogP contribution in [0.4, 0.5) is 18.9 Å². The Morgan fingerprint density at radius 1 is 1.28 bits per heavy atom. The van der Waals surface area contributed by atoms with Crippen molar-refractivity contribution in [1.29, 1.82) is 0 Å². The van der Waals surface area contributed by atoms with E-state index >= 15 is 0 Å². The molecule has 0 N–H and O–H groups in total. The minimum Gasteiger partial charge on any atom is -0.258 e. The highest BCUT2D eigenvalue weighted by Crippen LogP contribution is 2.34. The van der Waals surface area contributed by atoms with Crippen LogP contribution in [0.1, 0.15) is 5.56 Å². The van der Waals surface area contributed by atoms with E-state index in [-0.39, 0.29) is 0 Å². The van der Waals surface area contributed by atoms with Crippen molar-refractivity contribution in [3.63, 3.8) is 0 Å². The van der Waals surface area contributed by atoms with Crippen LogP contribution in [0.3, 0.4) is 0 Å². The first-order valence-corrected chi connectivity index (χ1v) is 4.48. The number of aromatic nitrogens is 4. The topological polar surface area (TPSA) is 86.7 Å². The normalized spacial score (nSPS) is 11.5. The summed E-state index contributed by atoms with van der Waals surface area (Å²) in [7, 11) is 0. The number of nitrogens with zero attached hydrogens (tertiary/aromatic N) is 5. The van der Waals surface area contributed by atoms with Crippen LogP contribution in [0.2, 0.25) is 0 Å². The molecule has 0 saturated carbocycles. The minimum absolute atomic E-state index is 0.395. The van der Waals surface area contributed by atoms with Gasteiger partial charge < -0.3 is 0 Å². The summed E-state index contributed by atoms with van der Waals surface area (Å²) < 4.78 is 38.3. The van der Waals surface area contributed by atoms with Crippen molar-refractivity contribution in [3.05, 3.63) is 40.3 Å². The largest absolute Gasteiger partial charge is 0.420 e. The summed E-state index contributed by atoms with van der Waals surface area (Å²) in [4.78, 5) is 13.5. The van der Waals surface area contributed by atoms with E-state index in [0.29, 0.717) is 17.1 Å². The summed E-state index contributed by atoms with van der Waals surface area (Å²) >= 11 is 0. The van der Waals surface area contributed by atoms with Gasteiger partial charge in [-0.2, -0.15) is 23.4 Å². The van der Waals surface area contributed by atoms with E-state index in [1.165, 1.54) is 12.4 Å². The van der Waals surface area contributed by atoms with Gasteiger partial charge in [-0.3, -0.25) is 10.1 Å². The number of hydrogen-bond donors (Lipinski definition) is 0. The maximum Gasteiger partial charge on any atom is 0.420 e. The zero-order chi connectivity index (χ0) is 13.3. The molecular formula is C8H4F3N5O2. The predicted molar refractivity (Wildman–Crippen MR) is 50.8 cm³/mol. The number of alkyl halides is 3. The number of pyridine rings is 1. The summed E-state index contributed by atoms with van der Waals surface area (Å²) in [6.45, 7) is 0. The Hall–Kier alpha value is -2.52. The molecule has 94 valence electrons. The molecule has 0 unspecified atom stereocenters. The fourth-order valence-electron chi connectivity index (χ4n) is 1.24. The molecule has 0 aromatic carbocycles. The lowest BCUT2D eigenvalue weighted by Crippen LogP contribution is -2.14. The monoisotopic (exact) mass is 259 g/mol. The highest BCUT2D eigenvalue weighted by molar-refractivity contribution is 5.42. The van der Waals surface area contributed by atoms with E-state index in [4.69, 9.17) is 0 Å². The smallest absolute Gasteiger partial charge is 0.258 e. The molecule has 0 atom stereocenters. The molecule has 2 heterocycles. The summed E-state index contributed by atoms with van der Waals surface area (Å²) in [6.07, 6.45) is -1.73. The lowest BCUT2D eigenvalue weighted by Gasteiger charge is -2.10. The van der Waals surface area contributed by atoms with Crippen LogP contribution in [0.25, 0.3) is 5.82 Å². The molecular weight excluding hydrogens is 255 g/mol. The number of nitro groups is 1. The third kappa shape index (κ3) is 2.12. The molecule has 18 heavy (non-hydrogen) atoms. The minimum atomic E-state index is -4.79. The second-order valence-corrected chi connectivity index (χ2v) is 3.14. The SMILES string of the molecule is O=[N+]([O-])c1cnc(-n2nccn2)c(C(F)(F)F)c1. The van der Waals surface area contributed by atoms with Gasteiger partial charge in [0.15, 0.2) is 5.82 Å². The van der Waals surface area contributed by atoms with E-state index in [1.807, 2.05) is 0 Å². The number of halogens is 3. The van der Waals surface area contributed by atoms with Crippen molar-refractivity contribution >= 4 is 5.69 Å². The second kappa shape index (κ2) is 4.05. The Morgan fingerprint density at radius 3 is 2.39 bits per heavy atom. The van der Waals surface area contributed by atoms with Crippen LogP contribution in [0, 0.1) is 10.1 Å². The van der Waals surface area contributed by atoms with Crippen molar-refractivity contribution in [2.75, 3.05) is 0 Å². The molecule has 0 amide bonds. The Bertz CT molecular complexity index is 581. The molecule has 2 aromatic rings. The average molecular weight is 259 g/mol. The highest BCUT2D eigenvalue weighted by Gasteiger charge is 2.37. The molecule has 0 aliphatic heterocycles. The molecule has 0 aliphatic carbocycles. The van der Waals surface area contributed by atoms with E-state index < -0.39 is 28.2 Å². The van der Waals surface area contributed by atoms with Crippen LogP contribution in [0.5, 0.6) is 0 Å². The second-order valence-electron chi connectivity index (χ2n) is 3.14. The summed E-state index contributed by atoms with van der Waals surface area (Å²) in [5, 5.41) is 17.5. The van der Waals surface area contributed by atoms with Crippen LogP contribution >= 0.6 is 0 Å². The van der Waals surface area contributed by atoms with E-state index in [2.05, 4.69) is 15.2 Å². The van der Waals surface area contributed by atoms with Crippen LogP contribution in [-0.2, 0) is 6.18 Å². The molecule has 0 bridgehead atoms. The lowest BCUT2D eigenvalue weighted by atomic mass is 10.2. The van der Waals surface area contributed by atoms with Crippen molar-refractivity contribution in [3.8, 4) is 5.82 Å². The zero-order valence-electron chi connectivity index (χ0n) is 8.50. The fourth-order valence-corrected chi connectivity index (χ4v) is 1.24. The molecule has 2 rings (SSSR count). The summed E-state index contributed by atoms with van der Waals surface area (Å²) in [6, 6.07) is 0.395. The number of rotatable bonds is 2. The molecule has 2 aromatic heterocycles. The highest BCUT2D eigenvalue weighted by atomic mass is 19.4. The average Bonchev–Trinajstić information content (AvgIpc) is 2.80. The number of hydrogen-bond acceptors (Lipinski definition) is 5. The molecule has 0 radical (unpaired) electrons. The standard InChI is InChI=1S/C8H4F3N5O2/c9-8(10,11)6-3-5(16(17)18)4-12-7(6)15-13-1-2-14-15/h1-4H. The van der Waals surface area contributed by atoms with E-state index in [1.54, 1.807) is 0 Å². The first-order chi connectivity index (χ1) is 8.39. The van der Waals surface area contributed by atoms with E-state index in [9.17, 15) is 23.3 Å². The lowest BCUT2D eigenvalue weighted by molar-refractivity contribution is -0.385. The fraction of sp³-hybridized carbons (Fsp3) is 0.125. The molecule has 0 saturated heterocycles. The Kier molecular flexibility index (Phi) is 2.69. The molecule has 7 nitrogen and oxygen atoms in total. The van der Waals surface area contributed by atoms with E-state index in [0.717, 1.165) is 0 Å². The van der Waals surface area contributed by atoms with Gasteiger partial charge in [-0.25, -0.2) is 4.98 Å². The third-order valence-electron chi connectivity index (χ3n) is 1.98. The maximum absolute atomic E-state index is 12.8. The molecule has 10 heteroatoms. The zero-order valence-corrected chi connectivity index (χ0v) is 8.50. The van der Waals surface area contributed by atoms with Gasteiger partial charge in [0.2, 0.25) is 0 Å². The van der Waals surface area contributed by atoms with Crippen molar-refractivity contribution < 1.29 is 18.1 Å². The molecule has 0 fully saturated rings. The first kappa shape index (κ1) is 12.0. The first-order valence-electron chi connectivity index (χ1n) is 4.48. The molecule has 0 spiro atoms. The maximum atomic E-state index is 12.8. The van der Waals surface area contributed by atoms with Gasteiger partial charge in [0.05, 0.1) is 17.3 Å². The molecule has 0 aliphatic rings. The van der Waals surface area contributed by atoms with Gasteiger partial charge in [0.25, 0.3) is 5.69 Å². The van der Waals surface area contributed by atoms with Crippen LogP contribution < -0.4 is 0 Å². The Morgan fingerprint density at radius 2 is 1.89 bits per heavy atom. The van der Waals surface area contributed by atoms with Crippen molar-refractivity contribution in [2.24, 2.45) is 0 Å². The van der Waals surface area contributed by atoms with Crippen molar-refractivity contribution in [2.45, 2.75) is 6.18 Å².